The molecule has 2 N–H and O–H groups in total. The van der Waals surface area contributed by atoms with E-state index in [1.165, 1.54) is 0 Å². The quantitative estimate of drug-likeness (QED) is 0.828. The molecule has 0 amide bonds. The summed E-state index contributed by atoms with van der Waals surface area (Å²) < 4.78 is 5.15. The van der Waals surface area contributed by atoms with E-state index < -0.39 is 5.60 Å². The molecule has 1 aromatic carbocycles. The average Bonchev–Trinajstić information content (AvgIpc) is 2.84. The van der Waals surface area contributed by atoms with E-state index in [1.54, 1.807) is 6.92 Å². The molecular weight excluding hydrogens is 256 g/mol. The number of nitrogens with two attached hydrogens (primary N) is 1. The number of esters is 1. The minimum atomic E-state index is -1.07. The van der Waals surface area contributed by atoms with Crippen LogP contribution < -0.4 is 5.73 Å². The third-order valence-electron chi connectivity index (χ3n) is 3.29. The minimum absolute atomic E-state index is 0.287. The Morgan fingerprint density at radius 3 is 2.95 bits per heavy atom. The van der Waals surface area contributed by atoms with Crippen molar-refractivity contribution in [1.29, 1.82) is 0 Å². The highest BCUT2D eigenvalue weighted by Crippen LogP contribution is 2.30. The van der Waals surface area contributed by atoms with Crippen LogP contribution in [0.1, 0.15) is 24.5 Å². The molecule has 108 valence electrons. The number of hydrogen-bond acceptors (Lipinski definition) is 5. The van der Waals surface area contributed by atoms with Gasteiger partial charge in [-0.15, -0.1) is 0 Å². The van der Waals surface area contributed by atoms with Gasteiger partial charge in [0.15, 0.2) is 0 Å². The van der Waals surface area contributed by atoms with Crippen molar-refractivity contribution in [3.63, 3.8) is 0 Å². The largest absolute Gasteiger partial charge is 0.463 e. The summed E-state index contributed by atoms with van der Waals surface area (Å²) in [5.41, 5.74) is 7.36. The maximum absolute atomic E-state index is 12.3. The summed E-state index contributed by atoms with van der Waals surface area (Å²) in [6.07, 6.45) is 0.816. The van der Waals surface area contributed by atoms with Gasteiger partial charge >= 0.3 is 5.97 Å². The number of rotatable bonds is 5. The van der Waals surface area contributed by atoms with Crippen LogP contribution in [0.5, 0.6) is 0 Å². The van der Waals surface area contributed by atoms with Crippen LogP contribution in [0.4, 0.5) is 0 Å². The Hall–Kier alpha value is -1.88. The fourth-order valence-corrected chi connectivity index (χ4v) is 2.35. The summed E-state index contributed by atoms with van der Waals surface area (Å²) in [4.78, 5) is 17.7. The molecule has 1 atom stereocenters. The van der Waals surface area contributed by atoms with Crippen LogP contribution in [0.2, 0.25) is 0 Å². The number of hydrogen-bond donors (Lipinski definition) is 1. The van der Waals surface area contributed by atoms with Gasteiger partial charge in [-0.1, -0.05) is 35.0 Å². The van der Waals surface area contributed by atoms with Crippen LogP contribution in [-0.2, 0) is 20.8 Å². The number of carbonyl (C=O) groups is 1. The van der Waals surface area contributed by atoms with Crippen molar-refractivity contribution in [1.82, 2.24) is 0 Å². The Balaban J connectivity index is 2.22. The molecule has 0 radical (unpaired) electrons. The first kappa shape index (κ1) is 14.5. The van der Waals surface area contributed by atoms with Crippen LogP contribution in [0.25, 0.3) is 0 Å². The third-order valence-corrected chi connectivity index (χ3v) is 3.29. The first-order valence-corrected chi connectivity index (χ1v) is 6.76. The van der Waals surface area contributed by atoms with Gasteiger partial charge in [-0.2, -0.15) is 0 Å². The molecule has 0 saturated heterocycles. The number of carbonyl (C=O) groups excluding carboxylic acids is 1. The SMILES string of the molecule is CCOC(=O)C1(Cc2cccc(C)c2)CC(CN)=NO1. The number of aryl methyl sites for hydroxylation is 1. The topological polar surface area (TPSA) is 73.9 Å². The van der Waals surface area contributed by atoms with Gasteiger partial charge in [0.2, 0.25) is 5.60 Å². The molecule has 0 aliphatic carbocycles. The van der Waals surface area contributed by atoms with Gasteiger partial charge in [-0.05, 0) is 19.4 Å². The summed E-state index contributed by atoms with van der Waals surface area (Å²) >= 11 is 0. The zero-order valence-corrected chi connectivity index (χ0v) is 11.9. The van der Waals surface area contributed by atoms with E-state index in [4.69, 9.17) is 15.3 Å². The van der Waals surface area contributed by atoms with Crippen LogP contribution in [0.15, 0.2) is 29.4 Å². The Bertz CT molecular complexity index is 528. The lowest BCUT2D eigenvalue weighted by molar-refractivity contribution is -0.168. The lowest BCUT2D eigenvalue weighted by atomic mass is 9.89. The van der Waals surface area contributed by atoms with Gasteiger partial charge in [0, 0.05) is 19.4 Å². The molecule has 1 aliphatic rings. The summed E-state index contributed by atoms with van der Waals surface area (Å²) in [7, 11) is 0. The van der Waals surface area contributed by atoms with Gasteiger partial charge in [0.05, 0.1) is 12.3 Å². The lowest BCUT2D eigenvalue weighted by Crippen LogP contribution is -2.43. The fourth-order valence-electron chi connectivity index (χ4n) is 2.35. The summed E-state index contributed by atoms with van der Waals surface area (Å²) in [5.74, 6) is -0.381. The highest BCUT2D eigenvalue weighted by molar-refractivity contribution is 5.94. The summed E-state index contributed by atoms with van der Waals surface area (Å²) in [6.45, 7) is 4.39. The zero-order chi connectivity index (χ0) is 14.6. The van der Waals surface area contributed by atoms with Crippen LogP contribution in [0, 0.1) is 6.92 Å². The predicted octanol–water partition coefficient (Wildman–Crippen LogP) is 1.57. The molecular formula is C15H20N2O3. The van der Waals surface area contributed by atoms with E-state index in [-0.39, 0.29) is 12.5 Å². The minimum Gasteiger partial charge on any atom is -0.463 e. The molecule has 0 spiro atoms. The summed E-state index contributed by atoms with van der Waals surface area (Å²) in [5, 5.41) is 3.92. The summed E-state index contributed by atoms with van der Waals surface area (Å²) in [6, 6.07) is 7.98. The molecule has 1 unspecified atom stereocenters. The number of oxime groups is 1. The standard InChI is InChI=1S/C15H20N2O3/c1-3-19-14(18)15(9-13(10-16)17-20-15)8-12-6-4-5-11(2)7-12/h4-7H,3,8-10,16H2,1-2H3. The zero-order valence-electron chi connectivity index (χ0n) is 11.9. The highest BCUT2D eigenvalue weighted by atomic mass is 16.7. The Labute approximate surface area is 118 Å². The number of ether oxygens (including phenoxy) is 1. The van der Waals surface area contributed by atoms with Gasteiger partial charge in [-0.3, -0.25) is 0 Å². The molecule has 0 fully saturated rings. The van der Waals surface area contributed by atoms with Crippen molar-refractivity contribution >= 4 is 11.7 Å². The molecule has 0 bridgehead atoms. The van der Waals surface area contributed by atoms with E-state index in [2.05, 4.69) is 5.16 Å². The molecule has 20 heavy (non-hydrogen) atoms. The number of nitrogens with zero attached hydrogens (tertiary/aromatic N) is 1. The Morgan fingerprint density at radius 2 is 2.35 bits per heavy atom. The maximum atomic E-state index is 12.3. The normalized spacial score (nSPS) is 21.2. The Kier molecular flexibility index (Phi) is 4.39. The molecule has 0 saturated carbocycles. The first-order chi connectivity index (χ1) is 9.59. The molecule has 5 heteroatoms. The molecule has 5 nitrogen and oxygen atoms in total. The van der Waals surface area contributed by atoms with E-state index in [9.17, 15) is 4.79 Å². The second-order valence-electron chi connectivity index (χ2n) is 5.01. The molecule has 2 rings (SSSR count). The third kappa shape index (κ3) is 2.99. The second kappa shape index (κ2) is 6.05. The van der Waals surface area contributed by atoms with Crippen molar-refractivity contribution in [2.75, 3.05) is 13.2 Å². The van der Waals surface area contributed by atoms with Crippen LogP contribution in [-0.4, -0.2) is 30.4 Å². The van der Waals surface area contributed by atoms with Crippen molar-refractivity contribution < 1.29 is 14.4 Å². The first-order valence-electron chi connectivity index (χ1n) is 6.76. The molecule has 0 aromatic heterocycles. The van der Waals surface area contributed by atoms with Gasteiger partial charge in [0.25, 0.3) is 0 Å². The van der Waals surface area contributed by atoms with E-state index >= 15 is 0 Å². The van der Waals surface area contributed by atoms with Crippen LogP contribution in [0.3, 0.4) is 0 Å². The van der Waals surface area contributed by atoms with Crippen molar-refractivity contribution in [2.45, 2.75) is 32.3 Å². The van der Waals surface area contributed by atoms with E-state index in [0.717, 1.165) is 11.1 Å². The van der Waals surface area contributed by atoms with Gasteiger partial charge in [0.1, 0.15) is 0 Å². The molecule has 1 aliphatic heterocycles. The van der Waals surface area contributed by atoms with Gasteiger partial charge in [-0.25, -0.2) is 4.79 Å². The lowest BCUT2D eigenvalue weighted by Gasteiger charge is -2.24. The van der Waals surface area contributed by atoms with Crippen LogP contribution >= 0.6 is 0 Å². The number of benzene rings is 1. The van der Waals surface area contributed by atoms with E-state index in [1.807, 2.05) is 31.2 Å². The average molecular weight is 276 g/mol. The molecule has 1 aromatic rings. The van der Waals surface area contributed by atoms with Crippen molar-refractivity contribution in [2.24, 2.45) is 10.9 Å². The Morgan fingerprint density at radius 1 is 1.55 bits per heavy atom. The predicted molar refractivity (Wildman–Crippen MR) is 76.4 cm³/mol. The molecule has 1 heterocycles. The van der Waals surface area contributed by atoms with Crippen molar-refractivity contribution in [3.05, 3.63) is 35.4 Å². The smallest absolute Gasteiger partial charge is 0.354 e. The fraction of sp³-hybridized carbons (Fsp3) is 0.467. The van der Waals surface area contributed by atoms with Crippen molar-refractivity contribution in [3.8, 4) is 0 Å². The van der Waals surface area contributed by atoms with E-state index in [0.29, 0.717) is 25.2 Å². The maximum Gasteiger partial charge on any atom is 0.354 e. The highest BCUT2D eigenvalue weighted by Gasteiger charge is 2.47. The monoisotopic (exact) mass is 276 g/mol. The van der Waals surface area contributed by atoms with Gasteiger partial charge < -0.3 is 15.3 Å². The second-order valence-corrected chi connectivity index (χ2v) is 5.01.